The fraction of sp³-hybridized carbons (Fsp3) is 0.182. The van der Waals surface area contributed by atoms with Crippen LogP contribution in [0.1, 0.15) is 32.5 Å². The number of nitriles is 2. The lowest BCUT2D eigenvalue weighted by Gasteiger charge is -2.07. The first-order valence-electron chi connectivity index (χ1n) is 9.04. The molecule has 3 heterocycles. The zero-order valence-corrected chi connectivity index (χ0v) is 18.8. The van der Waals surface area contributed by atoms with E-state index in [1.54, 1.807) is 22.7 Å². The van der Waals surface area contributed by atoms with Crippen molar-refractivity contribution in [2.75, 3.05) is 38.0 Å². The first-order valence-corrected chi connectivity index (χ1v) is 10.7. The van der Waals surface area contributed by atoms with Gasteiger partial charge in [0.25, 0.3) is 0 Å². The van der Waals surface area contributed by atoms with Crippen LogP contribution in [0.5, 0.6) is 0 Å². The molecule has 3 aromatic heterocycles. The number of thiophene rings is 2. The Morgan fingerprint density at radius 2 is 1.10 bits per heavy atom. The number of hydrogen-bond donors (Lipinski definition) is 0. The van der Waals surface area contributed by atoms with Crippen molar-refractivity contribution in [3.8, 4) is 12.1 Å². The van der Waals surface area contributed by atoms with Crippen molar-refractivity contribution in [1.29, 1.82) is 10.5 Å². The molecule has 3 rings (SSSR count). The average molecular weight is 433 g/mol. The molecule has 0 atom stereocenters. The van der Waals surface area contributed by atoms with E-state index in [2.05, 4.69) is 31.9 Å². The molecular weight excluding hydrogens is 412 g/mol. The number of aromatic nitrogens is 2. The van der Waals surface area contributed by atoms with Crippen molar-refractivity contribution >= 4 is 57.0 Å². The highest BCUT2D eigenvalue weighted by atomic mass is 32.1. The smallest absolute Gasteiger partial charge is 0.177 e. The Bertz CT molecular complexity index is 1090. The average Bonchev–Trinajstić information content (AvgIpc) is 3.40. The molecule has 0 amide bonds. The molecule has 0 unspecified atom stereocenters. The van der Waals surface area contributed by atoms with Crippen molar-refractivity contribution in [2.45, 2.75) is 0 Å². The van der Waals surface area contributed by atoms with E-state index in [1.807, 2.05) is 76.8 Å². The molecule has 30 heavy (non-hydrogen) atoms. The molecule has 8 heteroatoms. The minimum absolute atomic E-state index is 0.0282. The third kappa shape index (κ3) is 4.93. The monoisotopic (exact) mass is 432 g/mol. The van der Waals surface area contributed by atoms with Crippen LogP contribution in [0.4, 0.5) is 10.0 Å². The Morgan fingerprint density at radius 1 is 0.700 bits per heavy atom. The van der Waals surface area contributed by atoms with E-state index in [0.717, 1.165) is 19.8 Å². The number of rotatable bonds is 6. The van der Waals surface area contributed by atoms with Crippen molar-refractivity contribution in [1.82, 2.24) is 9.97 Å². The summed E-state index contributed by atoms with van der Waals surface area (Å²) in [6.45, 7) is 0. The molecule has 0 radical (unpaired) electrons. The lowest BCUT2D eigenvalue weighted by molar-refractivity contribution is 1.10. The molecule has 0 aliphatic heterocycles. The second-order valence-electron chi connectivity index (χ2n) is 6.72. The Labute approximate surface area is 184 Å². The molecule has 0 fully saturated rings. The van der Waals surface area contributed by atoms with Crippen LogP contribution in [0, 0.1) is 22.7 Å². The third-order valence-corrected chi connectivity index (χ3v) is 6.52. The summed E-state index contributed by atoms with van der Waals surface area (Å²) in [7, 11) is 8.00. The van der Waals surface area contributed by atoms with E-state index in [1.165, 1.54) is 0 Å². The highest BCUT2D eigenvalue weighted by molar-refractivity contribution is 7.17. The fourth-order valence-corrected chi connectivity index (χ4v) is 4.19. The van der Waals surface area contributed by atoms with Gasteiger partial charge in [-0.15, -0.1) is 22.7 Å². The van der Waals surface area contributed by atoms with Crippen molar-refractivity contribution in [3.63, 3.8) is 0 Å². The minimum atomic E-state index is 0.0282. The molecule has 0 aliphatic carbocycles. The highest BCUT2D eigenvalue weighted by Gasteiger charge is 2.11. The minimum Gasteiger partial charge on any atom is -0.370 e. The highest BCUT2D eigenvalue weighted by Crippen LogP contribution is 2.27. The van der Waals surface area contributed by atoms with Gasteiger partial charge in [0, 0.05) is 37.9 Å². The van der Waals surface area contributed by atoms with Gasteiger partial charge < -0.3 is 9.80 Å². The van der Waals surface area contributed by atoms with E-state index in [9.17, 15) is 10.5 Å². The summed E-state index contributed by atoms with van der Waals surface area (Å²) in [5.74, 6) is 0. The van der Waals surface area contributed by atoms with Gasteiger partial charge in [-0.3, -0.25) is 0 Å². The molecule has 6 nitrogen and oxygen atoms in total. The van der Waals surface area contributed by atoms with E-state index < -0.39 is 0 Å². The van der Waals surface area contributed by atoms with Crippen LogP contribution in [0.15, 0.2) is 24.3 Å². The van der Waals surface area contributed by atoms with Crippen LogP contribution in [-0.4, -0.2) is 38.2 Å². The van der Waals surface area contributed by atoms with Gasteiger partial charge in [-0.1, -0.05) is 0 Å². The van der Waals surface area contributed by atoms with Crippen LogP contribution in [-0.2, 0) is 0 Å². The van der Waals surface area contributed by atoms with E-state index >= 15 is 0 Å². The normalized spacial score (nSPS) is 11.0. The van der Waals surface area contributed by atoms with Gasteiger partial charge in [0.15, 0.2) is 11.4 Å². The summed E-state index contributed by atoms with van der Waals surface area (Å²) in [6.07, 6.45) is 7.56. The van der Waals surface area contributed by atoms with Crippen molar-refractivity contribution < 1.29 is 0 Å². The Balaban J connectivity index is 1.97. The van der Waals surface area contributed by atoms with Gasteiger partial charge in [0.2, 0.25) is 0 Å². The standard InChI is InChI=1S/C22H20N6S2/c1-27(2)21-11-7-15(29-21)5-9-17-18(26-20(14-24)19(13-23)25-17)10-6-16-8-12-22(30-16)28(3)4/h5-12H,1-4H3/b9-5+,10-6+. The fourth-order valence-electron chi connectivity index (χ4n) is 2.53. The van der Waals surface area contributed by atoms with Crippen LogP contribution < -0.4 is 9.80 Å². The van der Waals surface area contributed by atoms with Gasteiger partial charge in [-0.05, 0) is 48.6 Å². The summed E-state index contributed by atoms with van der Waals surface area (Å²) in [5.41, 5.74) is 1.15. The van der Waals surface area contributed by atoms with Gasteiger partial charge in [-0.2, -0.15) is 10.5 Å². The van der Waals surface area contributed by atoms with E-state index in [4.69, 9.17) is 0 Å². The number of nitrogens with zero attached hydrogens (tertiary/aromatic N) is 6. The summed E-state index contributed by atoms with van der Waals surface area (Å²) in [5, 5.41) is 20.9. The molecule has 0 N–H and O–H groups in total. The largest absolute Gasteiger partial charge is 0.370 e. The molecule has 0 saturated carbocycles. The van der Waals surface area contributed by atoms with Gasteiger partial charge >= 0.3 is 0 Å². The summed E-state index contributed by atoms with van der Waals surface area (Å²) >= 11 is 3.30. The summed E-state index contributed by atoms with van der Waals surface area (Å²) in [4.78, 5) is 15.0. The lowest BCUT2D eigenvalue weighted by atomic mass is 10.2. The zero-order valence-electron chi connectivity index (χ0n) is 17.1. The predicted molar refractivity (Wildman–Crippen MR) is 127 cm³/mol. The number of hydrogen-bond acceptors (Lipinski definition) is 8. The molecule has 0 aliphatic rings. The Kier molecular flexibility index (Phi) is 6.63. The van der Waals surface area contributed by atoms with Crippen LogP contribution in [0.25, 0.3) is 24.3 Å². The maximum atomic E-state index is 9.33. The number of anilines is 2. The van der Waals surface area contributed by atoms with E-state index in [-0.39, 0.29) is 11.4 Å². The van der Waals surface area contributed by atoms with Crippen molar-refractivity contribution in [3.05, 3.63) is 56.8 Å². The van der Waals surface area contributed by atoms with Crippen LogP contribution >= 0.6 is 22.7 Å². The quantitative estimate of drug-likeness (QED) is 0.556. The topological polar surface area (TPSA) is 79.8 Å². The SMILES string of the molecule is CN(C)c1ccc(/C=C/c2nc(C#N)c(C#N)nc2/C=C/c2ccc(N(C)C)s2)s1. The Hall–Kier alpha value is -3.46. The maximum absolute atomic E-state index is 9.33. The molecule has 3 aromatic rings. The van der Waals surface area contributed by atoms with Gasteiger partial charge in [0.05, 0.1) is 21.4 Å². The van der Waals surface area contributed by atoms with Crippen molar-refractivity contribution in [2.24, 2.45) is 0 Å². The van der Waals surface area contributed by atoms with Gasteiger partial charge in [-0.25, -0.2) is 9.97 Å². The molecule has 0 saturated heterocycles. The molecule has 150 valence electrons. The molecular formula is C22H20N6S2. The predicted octanol–water partition coefficient (Wildman–Crippen LogP) is 4.82. The summed E-state index contributed by atoms with van der Waals surface area (Å²) in [6, 6.07) is 12.1. The molecule has 0 spiro atoms. The Morgan fingerprint density at radius 3 is 1.40 bits per heavy atom. The maximum Gasteiger partial charge on any atom is 0.177 e. The molecule has 0 bridgehead atoms. The second kappa shape index (κ2) is 9.36. The van der Waals surface area contributed by atoms with Crippen LogP contribution in [0.2, 0.25) is 0 Å². The third-order valence-electron chi connectivity index (χ3n) is 4.08. The second-order valence-corrected chi connectivity index (χ2v) is 8.91. The molecule has 0 aromatic carbocycles. The first-order chi connectivity index (χ1) is 14.4. The van der Waals surface area contributed by atoms with Crippen LogP contribution in [0.3, 0.4) is 0 Å². The summed E-state index contributed by atoms with van der Waals surface area (Å²) < 4.78 is 0. The lowest BCUT2D eigenvalue weighted by Crippen LogP contribution is -2.05. The van der Waals surface area contributed by atoms with E-state index in [0.29, 0.717) is 11.4 Å². The van der Waals surface area contributed by atoms with Gasteiger partial charge in [0.1, 0.15) is 12.1 Å². The first kappa shape index (κ1) is 21.3. The zero-order chi connectivity index (χ0) is 21.7.